The summed E-state index contributed by atoms with van der Waals surface area (Å²) in [7, 11) is 0. The van der Waals surface area contributed by atoms with E-state index in [2.05, 4.69) is 27.8 Å². The Morgan fingerprint density at radius 3 is 2.82 bits per heavy atom. The van der Waals surface area contributed by atoms with Crippen molar-refractivity contribution in [2.24, 2.45) is 0 Å². The highest BCUT2D eigenvalue weighted by atomic mass is 16.3. The maximum Gasteiger partial charge on any atom is 0.278 e. The summed E-state index contributed by atoms with van der Waals surface area (Å²) in [6.45, 7) is 8.03. The number of hydrogen-bond donors (Lipinski definition) is 3. The molecule has 0 saturated heterocycles. The zero-order chi connectivity index (χ0) is 23.9. The number of rotatable bonds is 6. The summed E-state index contributed by atoms with van der Waals surface area (Å²) in [5.41, 5.74) is 4.07. The Hall–Kier alpha value is -3.56. The fourth-order valence-electron chi connectivity index (χ4n) is 4.29. The summed E-state index contributed by atoms with van der Waals surface area (Å²) in [5.74, 6) is 0.981. The third kappa shape index (κ3) is 3.86. The molecule has 3 N–H and O–H groups in total. The predicted octanol–water partition coefficient (Wildman–Crippen LogP) is 2.66. The Morgan fingerprint density at radius 2 is 2.03 bits per heavy atom. The van der Waals surface area contributed by atoms with Crippen LogP contribution in [0.15, 0.2) is 47.4 Å². The molecule has 0 saturated carbocycles. The van der Waals surface area contributed by atoms with Gasteiger partial charge in [0.05, 0.1) is 12.3 Å². The van der Waals surface area contributed by atoms with Crippen LogP contribution in [0, 0.1) is 0 Å². The van der Waals surface area contributed by atoms with Crippen molar-refractivity contribution < 1.29 is 5.11 Å². The minimum atomic E-state index is -0.514. The van der Waals surface area contributed by atoms with Gasteiger partial charge in [0.15, 0.2) is 11.5 Å². The van der Waals surface area contributed by atoms with Gasteiger partial charge in [-0.15, -0.1) is 0 Å². The predicted molar refractivity (Wildman–Crippen MR) is 132 cm³/mol. The van der Waals surface area contributed by atoms with Gasteiger partial charge in [-0.25, -0.2) is 19.3 Å². The fraction of sp³-hybridized carbons (Fsp3) is 0.360. The van der Waals surface area contributed by atoms with E-state index in [1.54, 1.807) is 15.6 Å². The lowest BCUT2D eigenvalue weighted by atomic mass is 9.90. The van der Waals surface area contributed by atoms with Gasteiger partial charge in [0.2, 0.25) is 5.95 Å². The molecule has 0 unspecified atom stereocenters. The second-order valence-corrected chi connectivity index (χ2v) is 9.22. The Labute approximate surface area is 197 Å². The van der Waals surface area contributed by atoms with Crippen molar-refractivity contribution >= 4 is 22.7 Å². The minimum absolute atomic E-state index is 0.0382. The molecule has 4 aromatic rings. The number of pyridine rings is 1. The van der Waals surface area contributed by atoms with Gasteiger partial charge in [-0.1, -0.05) is 26.0 Å². The first-order valence-corrected chi connectivity index (χ1v) is 11.6. The monoisotopic (exact) mass is 459 g/mol. The smallest absolute Gasteiger partial charge is 0.278 e. The largest absolute Gasteiger partial charge is 0.395 e. The van der Waals surface area contributed by atoms with E-state index in [0.29, 0.717) is 29.3 Å². The van der Waals surface area contributed by atoms with Crippen molar-refractivity contribution in [2.45, 2.75) is 45.7 Å². The van der Waals surface area contributed by atoms with E-state index in [-0.39, 0.29) is 12.2 Å². The van der Waals surface area contributed by atoms with Crippen LogP contribution < -0.4 is 16.2 Å². The fourth-order valence-corrected chi connectivity index (χ4v) is 4.29. The van der Waals surface area contributed by atoms with E-state index in [1.807, 2.05) is 45.0 Å². The Balaban J connectivity index is 1.60. The number of nitrogens with zero attached hydrogens (tertiary/aromatic N) is 5. The Morgan fingerprint density at radius 1 is 1.18 bits per heavy atom. The number of hydrogen-bond acceptors (Lipinski definition) is 7. The van der Waals surface area contributed by atoms with Crippen molar-refractivity contribution in [3.8, 4) is 5.82 Å². The van der Waals surface area contributed by atoms with Crippen molar-refractivity contribution in [1.82, 2.24) is 29.6 Å². The molecule has 0 atom stereocenters. The van der Waals surface area contributed by atoms with Crippen LogP contribution in [-0.4, -0.2) is 42.6 Å². The highest BCUT2D eigenvalue weighted by molar-refractivity contribution is 5.77. The lowest BCUT2D eigenvalue weighted by molar-refractivity contribution is 0.215. The van der Waals surface area contributed by atoms with Crippen LogP contribution in [0.1, 0.15) is 37.6 Å². The summed E-state index contributed by atoms with van der Waals surface area (Å²) in [6.07, 6.45) is 2.55. The molecule has 5 rings (SSSR count). The molecule has 1 aromatic carbocycles. The molecule has 0 fully saturated rings. The Kier molecular flexibility index (Phi) is 5.66. The van der Waals surface area contributed by atoms with Crippen molar-refractivity contribution in [1.29, 1.82) is 0 Å². The molecule has 1 aliphatic rings. The zero-order valence-electron chi connectivity index (χ0n) is 19.7. The molecule has 0 aliphatic carbocycles. The van der Waals surface area contributed by atoms with E-state index < -0.39 is 5.41 Å². The van der Waals surface area contributed by atoms with Crippen molar-refractivity contribution in [3.05, 3.63) is 69.8 Å². The first kappa shape index (κ1) is 22.2. The molecule has 9 nitrogen and oxygen atoms in total. The highest BCUT2D eigenvalue weighted by Gasteiger charge is 2.23. The summed E-state index contributed by atoms with van der Waals surface area (Å²) in [6, 6.07) is 11.9. The molecular formula is C25H29N7O2. The average molecular weight is 460 g/mol. The quantitative estimate of drug-likeness (QED) is 0.407. The molecular weight excluding hydrogens is 430 g/mol. The van der Waals surface area contributed by atoms with Crippen LogP contribution in [0.4, 0.5) is 11.6 Å². The van der Waals surface area contributed by atoms with Crippen molar-refractivity contribution in [3.63, 3.8) is 0 Å². The SMILES string of the molecule is CCn1c(=O)c2cnc(Nc3ccc4c(c3)CCNC4)nc2n1-c1cccc(C(C)(C)CO)n1. The third-order valence-electron chi connectivity index (χ3n) is 6.36. The number of fused-ring (bicyclic) bond motifs is 2. The standard InChI is InChI=1S/C25H29N7O2/c1-4-31-23(34)19-14-27-24(28-18-9-8-17-13-26-11-10-16(17)12-18)30-22(19)32(31)21-7-5-6-20(29-21)25(2,3)15-33/h5-9,12,14,26,33H,4,10-11,13,15H2,1-3H3,(H,27,28,30). The summed E-state index contributed by atoms with van der Waals surface area (Å²) in [4.78, 5) is 27.0. The summed E-state index contributed by atoms with van der Waals surface area (Å²) < 4.78 is 3.34. The minimum Gasteiger partial charge on any atom is -0.395 e. The lowest BCUT2D eigenvalue weighted by Gasteiger charge is -2.22. The highest BCUT2D eigenvalue weighted by Crippen LogP contribution is 2.24. The van der Waals surface area contributed by atoms with Crippen LogP contribution in [0.2, 0.25) is 0 Å². The van der Waals surface area contributed by atoms with Crippen LogP contribution in [0.5, 0.6) is 0 Å². The second-order valence-electron chi connectivity index (χ2n) is 9.22. The van der Waals surface area contributed by atoms with Gasteiger partial charge in [0.1, 0.15) is 5.39 Å². The van der Waals surface area contributed by atoms with E-state index in [9.17, 15) is 9.90 Å². The van der Waals surface area contributed by atoms with E-state index in [0.717, 1.165) is 30.9 Å². The third-order valence-corrected chi connectivity index (χ3v) is 6.36. The molecule has 34 heavy (non-hydrogen) atoms. The van der Waals surface area contributed by atoms with Gasteiger partial charge in [-0.05, 0) is 55.3 Å². The van der Waals surface area contributed by atoms with Gasteiger partial charge < -0.3 is 15.7 Å². The molecule has 176 valence electrons. The van der Waals surface area contributed by atoms with E-state index >= 15 is 0 Å². The zero-order valence-corrected chi connectivity index (χ0v) is 19.7. The van der Waals surface area contributed by atoms with Gasteiger partial charge in [-0.2, -0.15) is 4.98 Å². The van der Waals surface area contributed by atoms with E-state index in [1.165, 1.54) is 11.1 Å². The van der Waals surface area contributed by atoms with Gasteiger partial charge >= 0.3 is 0 Å². The number of aromatic nitrogens is 5. The molecule has 0 bridgehead atoms. The molecule has 9 heteroatoms. The first-order chi connectivity index (χ1) is 16.4. The number of benzene rings is 1. The molecule has 1 aliphatic heterocycles. The van der Waals surface area contributed by atoms with Gasteiger partial charge in [0.25, 0.3) is 5.56 Å². The van der Waals surface area contributed by atoms with E-state index in [4.69, 9.17) is 9.97 Å². The van der Waals surface area contributed by atoms with Crippen LogP contribution in [0.3, 0.4) is 0 Å². The normalized spacial score (nSPS) is 13.8. The molecule has 0 spiro atoms. The molecule has 0 amide bonds. The number of anilines is 2. The van der Waals surface area contributed by atoms with Crippen LogP contribution in [0.25, 0.3) is 16.9 Å². The number of aliphatic hydroxyl groups is 1. The van der Waals surface area contributed by atoms with Gasteiger partial charge in [-0.3, -0.25) is 4.79 Å². The van der Waals surface area contributed by atoms with Crippen molar-refractivity contribution in [2.75, 3.05) is 18.5 Å². The number of aliphatic hydroxyl groups excluding tert-OH is 1. The number of nitrogens with one attached hydrogen (secondary N) is 2. The average Bonchev–Trinajstić information content (AvgIpc) is 3.14. The molecule has 3 aromatic heterocycles. The lowest BCUT2D eigenvalue weighted by Crippen LogP contribution is -2.26. The second kappa shape index (κ2) is 8.66. The maximum atomic E-state index is 13.1. The first-order valence-electron chi connectivity index (χ1n) is 11.6. The van der Waals surface area contributed by atoms with Gasteiger partial charge in [0, 0.05) is 30.4 Å². The summed E-state index contributed by atoms with van der Waals surface area (Å²) >= 11 is 0. The Bertz CT molecular complexity index is 1420. The maximum absolute atomic E-state index is 13.1. The molecule has 0 radical (unpaired) electrons. The summed E-state index contributed by atoms with van der Waals surface area (Å²) in [5, 5.41) is 16.9. The van der Waals surface area contributed by atoms with Crippen LogP contribution in [-0.2, 0) is 24.9 Å². The van der Waals surface area contributed by atoms with Crippen LogP contribution >= 0.6 is 0 Å². The molecule has 4 heterocycles. The topological polar surface area (TPSA) is 110 Å².